The quantitative estimate of drug-likeness (QED) is 0.631. The molecular weight excluding hydrogens is 282 g/mol. The fourth-order valence-corrected chi connectivity index (χ4v) is 2.94. The molecule has 0 unspecified atom stereocenters. The van der Waals surface area contributed by atoms with Crippen LogP contribution >= 0.6 is 11.8 Å². The van der Waals surface area contributed by atoms with E-state index in [4.69, 9.17) is 0 Å². The van der Waals surface area contributed by atoms with Crippen molar-refractivity contribution in [2.45, 2.75) is 37.0 Å². The molecule has 1 heterocycles. The summed E-state index contributed by atoms with van der Waals surface area (Å²) in [6, 6.07) is 7.77. The van der Waals surface area contributed by atoms with Gasteiger partial charge in [0.2, 0.25) is 0 Å². The van der Waals surface area contributed by atoms with Gasteiger partial charge in [-0.05, 0) is 18.6 Å². The predicted octanol–water partition coefficient (Wildman–Crippen LogP) is 3.20. The predicted molar refractivity (Wildman–Crippen MR) is 86.6 cm³/mol. The number of benzene rings is 1. The molecule has 4 nitrogen and oxygen atoms in total. The molecule has 0 aliphatic rings. The number of rotatable bonds is 7. The van der Waals surface area contributed by atoms with E-state index in [2.05, 4.69) is 24.1 Å². The molecule has 1 aromatic heterocycles. The molecule has 0 spiro atoms. The Balaban J connectivity index is 1.85. The van der Waals surface area contributed by atoms with Gasteiger partial charge in [0.25, 0.3) is 5.91 Å². The molecule has 0 atom stereocenters. The molecule has 0 aliphatic heterocycles. The van der Waals surface area contributed by atoms with Crippen LogP contribution in [0.2, 0.25) is 0 Å². The first-order valence-corrected chi connectivity index (χ1v) is 8.04. The number of nitrogens with zero attached hydrogens (tertiary/aromatic N) is 2. The number of aromatic nitrogens is 2. The van der Waals surface area contributed by atoms with Gasteiger partial charge in [-0.2, -0.15) is 0 Å². The molecule has 2 rings (SSSR count). The Labute approximate surface area is 130 Å². The van der Waals surface area contributed by atoms with Gasteiger partial charge in [-0.15, -0.1) is 11.8 Å². The molecule has 0 aliphatic carbocycles. The van der Waals surface area contributed by atoms with Crippen molar-refractivity contribution in [2.24, 2.45) is 0 Å². The minimum Gasteiger partial charge on any atom is -0.352 e. The maximum atomic E-state index is 12.3. The van der Waals surface area contributed by atoms with Crippen molar-refractivity contribution >= 4 is 17.7 Å². The average Bonchev–Trinajstić information content (AvgIpc) is 2.96. The lowest BCUT2D eigenvalue weighted by atomic mass is 10.2. The van der Waals surface area contributed by atoms with Crippen molar-refractivity contribution in [2.75, 3.05) is 6.54 Å². The van der Waals surface area contributed by atoms with Crippen LogP contribution in [-0.4, -0.2) is 27.3 Å². The Morgan fingerprint density at radius 2 is 2.19 bits per heavy atom. The minimum absolute atomic E-state index is 0.00406. The molecule has 0 fully saturated rings. The highest BCUT2D eigenvalue weighted by atomic mass is 32.2. The van der Waals surface area contributed by atoms with Gasteiger partial charge in [0.1, 0.15) is 0 Å². The van der Waals surface area contributed by atoms with E-state index in [0.29, 0.717) is 11.8 Å². The molecule has 0 radical (unpaired) electrons. The maximum absolute atomic E-state index is 12.3. The number of hydrogen-bond donors (Lipinski definition) is 1. The van der Waals surface area contributed by atoms with Crippen molar-refractivity contribution < 1.29 is 4.79 Å². The molecule has 0 saturated carbocycles. The number of nitrogens with one attached hydrogen (secondary N) is 1. The van der Waals surface area contributed by atoms with E-state index in [1.165, 1.54) is 0 Å². The van der Waals surface area contributed by atoms with Gasteiger partial charge in [0.05, 0.1) is 11.9 Å². The van der Waals surface area contributed by atoms with Crippen molar-refractivity contribution in [3.8, 4) is 0 Å². The van der Waals surface area contributed by atoms with Crippen molar-refractivity contribution in [3.63, 3.8) is 0 Å². The minimum atomic E-state index is 0.00406. The molecule has 1 amide bonds. The van der Waals surface area contributed by atoms with E-state index >= 15 is 0 Å². The molecular formula is C16H21N3OS. The van der Waals surface area contributed by atoms with Gasteiger partial charge in [-0.3, -0.25) is 4.79 Å². The van der Waals surface area contributed by atoms with Crippen LogP contribution in [0, 0.1) is 0 Å². The summed E-state index contributed by atoms with van der Waals surface area (Å²) in [6.07, 6.45) is 6.37. The largest absolute Gasteiger partial charge is 0.352 e. The number of imidazole rings is 1. The summed E-state index contributed by atoms with van der Waals surface area (Å²) in [5, 5.41) is 3.45. The Hall–Kier alpha value is -1.75. The zero-order chi connectivity index (χ0) is 15.1. The second kappa shape index (κ2) is 7.88. The Bertz CT molecular complexity index is 567. The van der Waals surface area contributed by atoms with E-state index in [-0.39, 0.29) is 5.91 Å². The van der Waals surface area contributed by atoms with Crippen LogP contribution in [0.15, 0.2) is 47.9 Å². The highest BCUT2D eigenvalue weighted by molar-refractivity contribution is 8.00. The summed E-state index contributed by atoms with van der Waals surface area (Å²) < 4.78 is 2.01. The molecule has 2 aromatic rings. The van der Waals surface area contributed by atoms with Gasteiger partial charge in [-0.25, -0.2) is 4.98 Å². The number of amides is 1. The summed E-state index contributed by atoms with van der Waals surface area (Å²) >= 11 is 1.72. The third kappa shape index (κ3) is 4.93. The van der Waals surface area contributed by atoms with E-state index in [1.54, 1.807) is 24.3 Å². The summed E-state index contributed by atoms with van der Waals surface area (Å²) in [7, 11) is 0. The van der Waals surface area contributed by atoms with Gasteiger partial charge in [-0.1, -0.05) is 26.0 Å². The highest BCUT2D eigenvalue weighted by Crippen LogP contribution is 2.26. The van der Waals surface area contributed by atoms with E-state index in [1.807, 2.05) is 35.0 Å². The lowest BCUT2D eigenvalue weighted by molar-refractivity contribution is 0.0950. The van der Waals surface area contributed by atoms with Crippen molar-refractivity contribution in [1.29, 1.82) is 0 Å². The van der Waals surface area contributed by atoms with Crippen LogP contribution in [0.1, 0.15) is 30.6 Å². The van der Waals surface area contributed by atoms with Crippen LogP contribution < -0.4 is 5.32 Å². The van der Waals surface area contributed by atoms with E-state index in [9.17, 15) is 4.79 Å². The summed E-state index contributed by atoms with van der Waals surface area (Å²) in [6.45, 7) is 5.79. The lowest BCUT2D eigenvalue weighted by Gasteiger charge is -2.11. The highest BCUT2D eigenvalue weighted by Gasteiger charge is 2.11. The number of carbonyl (C=O) groups is 1. The van der Waals surface area contributed by atoms with E-state index < -0.39 is 0 Å². The lowest BCUT2D eigenvalue weighted by Crippen LogP contribution is -2.25. The molecule has 0 bridgehead atoms. The summed E-state index contributed by atoms with van der Waals surface area (Å²) in [5.41, 5.74) is 0.763. The summed E-state index contributed by atoms with van der Waals surface area (Å²) in [4.78, 5) is 17.3. The zero-order valence-corrected chi connectivity index (χ0v) is 13.3. The Morgan fingerprint density at radius 3 is 2.90 bits per heavy atom. The second-order valence-corrected chi connectivity index (χ2v) is 6.69. The first kappa shape index (κ1) is 15.6. The standard InChI is InChI=1S/C16H21N3OS/c1-13(2)21-15-7-4-3-6-14(15)16(20)18-8-5-10-19-11-9-17-12-19/h3-4,6-7,9,11-13H,5,8,10H2,1-2H3,(H,18,20). The van der Waals surface area contributed by atoms with Crippen LogP contribution in [0.3, 0.4) is 0 Å². The molecule has 21 heavy (non-hydrogen) atoms. The molecule has 5 heteroatoms. The fraction of sp³-hybridized carbons (Fsp3) is 0.375. The van der Waals surface area contributed by atoms with Crippen LogP contribution in [0.5, 0.6) is 0 Å². The van der Waals surface area contributed by atoms with Crippen LogP contribution in [0.25, 0.3) is 0 Å². The van der Waals surface area contributed by atoms with Crippen molar-refractivity contribution in [3.05, 3.63) is 48.5 Å². The van der Waals surface area contributed by atoms with Gasteiger partial charge in [0, 0.05) is 35.6 Å². The smallest absolute Gasteiger partial charge is 0.252 e. The fourth-order valence-electron chi connectivity index (χ4n) is 1.99. The molecule has 1 aromatic carbocycles. The maximum Gasteiger partial charge on any atom is 0.252 e. The third-order valence-electron chi connectivity index (χ3n) is 2.93. The first-order chi connectivity index (χ1) is 10.2. The second-order valence-electron chi connectivity index (χ2n) is 5.07. The van der Waals surface area contributed by atoms with E-state index in [0.717, 1.165) is 23.4 Å². The monoisotopic (exact) mass is 303 g/mol. The SMILES string of the molecule is CC(C)Sc1ccccc1C(=O)NCCCn1ccnc1. The molecule has 112 valence electrons. The Kier molecular flexibility index (Phi) is 5.87. The number of hydrogen-bond acceptors (Lipinski definition) is 3. The number of thioether (sulfide) groups is 1. The molecule has 0 saturated heterocycles. The molecule has 1 N–H and O–H groups in total. The zero-order valence-electron chi connectivity index (χ0n) is 12.5. The average molecular weight is 303 g/mol. The van der Waals surface area contributed by atoms with Gasteiger partial charge >= 0.3 is 0 Å². The number of aryl methyl sites for hydroxylation is 1. The van der Waals surface area contributed by atoms with Crippen molar-refractivity contribution in [1.82, 2.24) is 14.9 Å². The topological polar surface area (TPSA) is 46.9 Å². The van der Waals surface area contributed by atoms with Gasteiger partial charge < -0.3 is 9.88 Å². The third-order valence-corrected chi connectivity index (χ3v) is 4.01. The first-order valence-electron chi connectivity index (χ1n) is 7.16. The normalized spacial score (nSPS) is 10.8. The summed E-state index contributed by atoms with van der Waals surface area (Å²) in [5.74, 6) is 0.00406. The van der Waals surface area contributed by atoms with Crippen LogP contribution in [-0.2, 0) is 6.54 Å². The Morgan fingerprint density at radius 1 is 1.38 bits per heavy atom. The van der Waals surface area contributed by atoms with Gasteiger partial charge in [0.15, 0.2) is 0 Å². The van der Waals surface area contributed by atoms with Crippen LogP contribution in [0.4, 0.5) is 0 Å². The number of carbonyl (C=O) groups excluding carboxylic acids is 1.